The molecule has 2 atom stereocenters. The van der Waals surface area contributed by atoms with E-state index in [4.69, 9.17) is 0 Å². The van der Waals surface area contributed by atoms with E-state index in [-0.39, 0.29) is 17.9 Å². The summed E-state index contributed by atoms with van der Waals surface area (Å²) in [5.74, 6) is -0.522. The molecule has 6 nitrogen and oxygen atoms in total. The van der Waals surface area contributed by atoms with Crippen LogP contribution in [0.3, 0.4) is 0 Å². The molecular weight excluding hydrogens is 412 g/mol. The summed E-state index contributed by atoms with van der Waals surface area (Å²) in [6.07, 6.45) is 1.91. The van der Waals surface area contributed by atoms with Gasteiger partial charge < -0.3 is 10.2 Å². The van der Waals surface area contributed by atoms with E-state index >= 15 is 0 Å². The number of carbonyl (C=O) groups is 2. The quantitative estimate of drug-likeness (QED) is 0.551. The van der Waals surface area contributed by atoms with Gasteiger partial charge in [-0.1, -0.05) is 48.5 Å². The zero-order valence-electron chi connectivity index (χ0n) is 18.9. The second-order valence-corrected chi connectivity index (χ2v) is 7.95. The maximum Gasteiger partial charge on any atom is 0.304 e. The van der Waals surface area contributed by atoms with Crippen LogP contribution < -0.4 is 15.6 Å². The standard InChI is InChI=1S/C27H28N4O2/c1-3-30(4-2)23-17-15-20(16-18-23)19-31-25(21-11-7-5-8-12-21)24(27(33)29-31)28-26(32)22-13-9-6-10-14-22/h5-19,24-25H,3-4H2,1-2H3,(H-,28,29,32,33)/p+1/t24-,25-/m0/s1. The Labute approximate surface area is 194 Å². The molecule has 1 aliphatic heterocycles. The predicted molar refractivity (Wildman–Crippen MR) is 130 cm³/mol. The summed E-state index contributed by atoms with van der Waals surface area (Å²) in [6.45, 7) is 6.16. The van der Waals surface area contributed by atoms with Gasteiger partial charge in [-0.05, 0) is 50.2 Å². The Morgan fingerprint density at radius 2 is 1.55 bits per heavy atom. The lowest BCUT2D eigenvalue weighted by molar-refractivity contribution is -0.596. The maximum atomic E-state index is 13.0. The van der Waals surface area contributed by atoms with Crippen molar-refractivity contribution in [2.75, 3.05) is 18.0 Å². The van der Waals surface area contributed by atoms with Gasteiger partial charge in [0.2, 0.25) is 12.3 Å². The molecule has 0 bridgehead atoms. The molecule has 0 spiro atoms. The summed E-state index contributed by atoms with van der Waals surface area (Å²) < 4.78 is 1.79. The highest BCUT2D eigenvalue weighted by molar-refractivity contribution is 5.98. The summed E-state index contributed by atoms with van der Waals surface area (Å²) in [6, 6.07) is 25.8. The number of benzene rings is 3. The van der Waals surface area contributed by atoms with Gasteiger partial charge >= 0.3 is 5.91 Å². The summed E-state index contributed by atoms with van der Waals surface area (Å²) in [7, 11) is 0. The van der Waals surface area contributed by atoms with Crippen LogP contribution in [0.2, 0.25) is 0 Å². The lowest BCUT2D eigenvalue weighted by Gasteiger charge is -2.20. The molecule has 0 radical (unpaired) electrons. The Balaban J connectivity index is 1.65. The van der Waals surface area contributed by atoms with Crippen molar-refractivity contribution in [2.45, 2.75) is 25.9 Å². The number of rotatable bonds is 7. The lowest BCUT2D eigenvalue weighted by Crippen LogP contribution is -2.42. The average Bonchev–Trinajstić information content (AvgIpc) is 3.16. The lowest BCUT2D eigenvalue weighted by atomic mass is 10.00. The second kappa shape index (κ2) is 10.1. The zero-order chi connectivity index (χ0) is 23.2. The maximum absolute atomic E-state index is 13.0. The Morgan fingerprint density at radius 1 is 0.939 bits per heavy atom. The van der Waals surface area contributed by atoms with Crippen LogP contribution in [0.15, 0.2) is 84.9 Å². The molecule has 1 aliphatic rings. The highest BCUT2D eigenvalue weighted by Crippen LogP contribution is 2.25. The molecule has 0 saturated carbocycles. The van der Waals surface area contributed by atoms with Crippen molar-refractivity contribution in [3.8, 4) is 0 Å². The Hall–Kier alpha value is -3.93. The predicted octanol–water partition coefficient (Wildman–Crippen LogP) is 3.55. The van der Waals surface area contributed by atoms with E-state index in [0.717, 1.165) is 29.9 Å². The Bertz CT molecular complexity index is 1120. The molecule has 33 heavy (non-hydrogen) atoms. The molecule has 6 heteroatoms. The van der Waals surface area contributed by atoms with Crippen molar-refractivity contribution >= 4 is 23.7 Å². The molecule has 0 aromatic heterocycles. The SMILES string of the molecule is CCN(CC)c1ccc(/C=[N+]2\NC(=O)[C@@H](NC(=O)c3ccccc3)[C@@H]2c2ccccc2)cc1. The molecule has 4 rings (SSSR count). The average molecular weight is 442 g/mol. The third kappa shape index (κ3) is 4.95. The molecule has 0 unspecified atom stereocenters. The summed E-state index contributed by atoms with van der Waals surface area (Å²) >= 11 is 0. The van der Waals surface area contributed by atoms with Crippen LogP contribution >= 0.6 is 0 Å². The molecule has 3 aromatic rings. The smallest absolute Gasteiger partial charge is 0.304 e. The highest BCUT2D eigenvalue weighted by atomic mass is 16.2. The minimum atomic E-state index is -0.730. The van der Waals surface area contributed by atoms with Gasteiger partial charge in [0.1, 0.15) is 0 Å². The van der Waals surface area contributed by atoms with Gasteiger partial charge in [-0.3, -0.25) is 9.59 Å². The summed E-state index contributed by atoms with van der Waals surface area (Å²) in [4.78, 5) is 28.1. The van der Waals surface area contributed by atoms with Crippen LogP contribution in [0.5, 0.6) is 0 Å². The second-order valence-electron chi connectivity index (χ2n) is 7.95. The van der Waals surface area contributed by atoms with Gasteiger partial charge in [0.05, 0.1) is 0 Å². The highest BCUT2D eigenvalue weighted by Gasteiger charge is 2.47. The van der Waals surface area contributed by atoms with E-state index in [1.807, 2.05) is 54.7 Å². The van der Waals surface area contributed by atoms with Crippen LogP contribution in [0.1, 0.15) is 41.4 Å². The number of hydrazone groups is 1. The third-order valence-corrected chi connectivity index (χ3v) is 5.91. The van der Waals surface area contributed by atoms with E-state index in [1.54, 1.807) is 28.9 Å². The molecule has 2 amide bonds. The number of hydrogen-bond donors (Lipinski definition) is 2. The number of carbonyl (C=O) groups excluding carboxylic acids is 2. The fraction of sp³-hybridized carbons (Fsp3) is 0.222. The number of anilines is 1. The number of hydrogen-bond acceptors (Lipinski definition) is 3. The van der Waals surface area contributed by atoms with Crippen molar-refractivity contribution in [3.63, 3.8) is 0 Å². The van der Waals surface area contributed by atoms with Gasteiger partial charge in [-0.2, -0.15) is 0 Å². The number of hydrazine groups is 1. The molecule has 1 heterocycles. The van der Waals surface area contributed by atoms with Crippen LogP contribution in [-0.4, -0.2) is 41.8 Å². The Morgan fingerprint density at radius 3 is 2.15 bits per heavy atom. The van der Waals surface area contributed by atoms with Gasteiger partial charge in [0, 0.05) is 35.5 Å². The van der Waals surface area contributed by atoms with Crippen LogP contribution in [0.4, 0.5) is 5.69 Å². The first-order chi connectivity index (χ1) is 16.1. The third-order valence-electron chi connectivity index (χ3n) is 5.91. The fourth-order valence-electron chi connectivity index (χ4n) is 4.17. The topological polar surface area (TPSA) is 64.5 Å². The van der Waals surface area contributed by atoms with E-state index in [1.165, 1.54) is 0 Å². The van der Waals surface area contributed by atoms with Gasteiger partial charge in [0.25, 0.3) is 5.91 Å². The molecule has 0 aliphatic carbocycles. The van der Waals surface area contributed by atoms with Crippen LogP contribution in [0.25, 0.3) is 0 Å². The first-order valence-electron chi connectivity index (χ1n) is 11.3. The van der Waals surface area contributed by atoms with Crippen molar-refractivity contribution < 1.29 is 14.3 Å². The van der Waals surface area contributed by atoms with Crippen molar-refractivity contribution in [2.24, 2.45) is 0 Å². The Kier molecular flexibility index (Phi) is 6.83. The van der Waals surface area contributed by atoms with E-state index in [2.05, 4.69) is 41.6 Å². The minimum Gasteiger partial charge on any atom is -0.372 e. The molecule has 1 fully saturated rings. The molecule has 168 valence electrons. The summed E-state index contributed by atoms with van der Waals surface area (Å²) in [5.41, 5.74) is 6.51. The van der Waals surface area contributed by atoms with E-state index in [0.29, 0.717) is 5.56 Å². The van der Waals surface area contributed by atoms with Crippen LogP contribution in [-0.2, 0) is 4.79 Å². The number of amides is 2. The molecule has 2 N–H and O–H groups in total. The largest absolute Gasteiger partial charge is 0.372 e. The number of nitrogens with one attached hydrogen (secondary N) is 2. The fourth-order valence-corrected chi connectivity index (χ4v) is 4.17. The van der Waals surface area contributed by atoms with E-state index in [9.17, 15) is 9.59 Å². The normalized spacial score (nSPS) is 18.7. The van der Waals surface area contributed by atoms with E-state index < -0.39 is 6.04 Å². The minimum absolute atomic E-state index is 0.246. The van der Waals surface area contributed by atoms with Gasteiger partial charge in [-0.15, -0.1) is 10.1 Å². The number of nitrogens with zero attached hydrogens (tertiary/aromatic N) is 2. The van der Waals surface area contributed by atoms with Crippen molar-refractivity contribution in [3.05, 3.63) is 102 Å². The first-order valence-corrected chi connectivity index (χ1v) is 11.3. The van der Waals surface area contributed by atoms with Gasteiger partial charge in [0.15, 0.2) is 6.04 Å². The zero-order valence-corrected chi connectivity index (χ0v) is 18.9. The first kappa shape index (κ1) is 22.3. The van der Waals surface area contributed by atoms with Crippen molar-refractivity contribution in [1.82, 2.24) is 10.7 Å². The van der Waals surface area contributed by atoms with Gasteiger partial charge in [-0.25, -0.2) is 0 Å². The van der Waals surface area contributed by atoms with Crippen molar-refractivity contribution in [1.29, 1.82) is 0 Å². The monoisotopic (exact) mass is 441 g/mol. The molecule has 3 aromatic carbocycles. The molecular formula is C27H29N4O2+. The van der Waals surface area contributed by atoms with Crippen LogP contribution in [0, 0.1) is 0 Å². The summed E-state index contributed by atoms with van der Waals surface area (Å²) in [5, 5.41) is 2.93. The molecule has 1 saturated heterocycles.